The fourth-order valence-electron chi connectivity index (χ4n) is 5.26. The number of anilines is 1. The number of aromatic carboxylic acids is 1. The number of methoxy groups -OCH3 is 2. The minimum atomic E-state index is -1.09. The number of hydrogen-bond acceptors (Lipinski definition) is 6. The van der Waals surface area contributed by atoms with Crippen molar-refractivity contribution in [1.82, 2.24) is 5.32 Å². The summed E-state index contributed by atoms with van der Waals surface area (Å²) in [5.41, 5.74) is 11.9. The molecule has 214 valence electrons. The number of carboxylic acids is 1. The van der Waals surface area contributed by atoms with Crippen LogP contribution in [0.1, 0.15) is 48.9 Å². The molecule has 1 aliphatic heterocycles. The van der Waals surface area contributed by atoms with E-state index in [1.165, 1.54) is 13.2 Å². The molecule has 0 saturated heterocycles. The second-order valence-corrected chi connectivity index (χ2v) is 10.1. The van der Waals surface area contributed by atoms with Crippen LogP contribution in [0, 0.1) is 5.41 Å². The zero-order chi connectivity index (χ0) is 29.8. The van der Waals surface area contributed by atoms with E-state index >= 15 is 0 Å². The second kappa shape index (κ2) is 12.1. The molecular weight excluding hydrogens is 532 g/mol. The number of nitrogen functional groups attached to an aromatic ring is 1. The number of nitrogens with one attached hydrogen (secondary N) is 3. The molecule has 9 nitrogen and oxygen atoms in total. The van der Waals surface area contributed by atoms with E-state index in [-0.39, 0.29) is 23.2 Å². The van der Waals surface area contributed by atoms with Gasteiger partial charge in [-0.3, -0.25) is 10.2 Å². The van der Waals surface area contributed by atoms with Crippen LogP contribution in [0.3, 0.4) is 0 Å². The Hall–Kier alpha value is -5.31. The van der Waals surface area contributed by atoms with Gasteiger partial charge in [0.25, 0.3) is 5.91 Å². The SMILES string of the molecule is COc1ccc(CNC(=O)c2ccc(CC3CNc4ccc(C(=N)N)cc43)c(-c3ccc(OC)cc3C(=O)O)c2)cc1. The average Bonchev–Trinajstić information content (AvgIpc) is 3.41. The van der Waals surface area contributed by atoms with Crippen molar-refractivity contribution < 1.29 is 24.2 Å². The Balaban J connectivity index is 1.50. The smallest absolute Gasteiger partial charge is 0.336 e. The second-order valence-electron chi connectivity index (χ2n) is 10.1. The van der Waals surface area contributed by atoms with Crippen LogP contribution in [0.5, 0.6) is 11.5 Å². The first-order valence-corrected chi connectivity index (χ1v) is 13.5. The molecule has 0 aliphatic carbocycles. The highest BCUT2D eigenvalue weighted by Crippen LogP contribution is 2.38. The molecule has 1 unspecified atom stereocenters. The largest absolute Gasteiger partial charge is 0.497 e. The number of carboxylic acid groups (broad SMARTS) is 1. The van der Waals surface area contributed by atoms with Gasteiger partial charge in [0.05, 0.1) is 19.8 Å². The third-order valence-corrected chi connectivity index (χ3v) is 7.54. The van der Waals surface area contributed by atoms with E-state index < -0.39 is 5.97 Å². The number of amidine groups is 1. The Morgan fingerprint density at radius 3 is 2.33 bits per heavy atom. The van der Waals surface area contributed by atoms with E-state index in [1.807, 2.05) is 48.5 Å². The van der Waals surface area contributed by atoms with Crippen molar-refractivity contribution in [3.05, 3.63) is 112 Å². The number of carbonyl (C=O) groups is 2. The van der Waals surface area contributed by atoms with Gasteiger partial charge >= 0.3 is 5.97 Å². The quantitative estimate of drug-likeness (QED) is 0.134. The molecule has 0 saturated carbocycles. The summed E-state index contributed by atoms with van der Waals surface area (Å²) < 4.78 is 10.5. The molecule has 4 aromatic rings. The van der Waals surface area contributed by atoms with Gasteiger partial charge in [-0.15, -0.1) is 0 Å². The summed E-state index contributed by atoms with van der Waals surface area (Å²) in [6.07, 6.45) is 0.579. The van der Waals surface area contributed by atoms with Gasteiger partial charge in [0.15, 0.2) is 0 Å². The maximum atomic E-state index is 13.3. The van der Waals surface area contributed by atoms with Gasteiger partial charge in [-0.2, -0.15) is 0 Å². The zero-order valence-corrected chi connectivity index (χ0v) is 23.4. The summed E-state index contributed by atoms with van der Waals surface area (Å²) in [6.45, 7) is 1.00. The predicted octanol–water partition coefficient (Wildman–Crippen LogP) is 5.03. The van der Waals surface area contributed by atoms with Crippen molar-refractivity contribution in [2.24, 2.45) is 5.73 Å². The summed E-state index contributed by atoms with van der Waals surface area (Å²) in [5.74, 6) is -0.155. The molecule has 0 radical (unpaired) electrons. The standard InChI is InChI=1S/C33H32N4O5/c1-41-24-8-3-19(4-9-24)17-37-32(38)22-6-5-20(13-23-18-36-30-12-7-21(31(34)35)14-28(23)30)27(15-22)26-11-10-25(42-2)16-29(26)33(39)40/h3-12,14-16,23,36H,13,17-18H2,1-2H3,(H3,34,35)(H,37,38)(H,39,40). The lowest BCUT2D eigenvalue weighted by atomic mass is 9.86. The molecule has 0 spiro atoms. The summed E-state index contributed by atoms with van der Waals surface area (Å²) in [6, 6.07) is 23.4. The highest BCUT2D eigenvalue weighted by molar-refractivity contribution is 6.00. The molecule has 6 N–H and O–H groups in total. The van der Waals surface area contributed by atoms with Crippen molar-refractivity contribution in [3.8, 4) is 22.6 Å². The van der Waals surface area contributed by atoms with Crippen LogP contribution in [0.2, 0.25) is 0 Å². The maximum absolute atomic E-state index is 13.3. The van der Waals surface area contributed by atoms with E-state index in [0.717, 1.165) is 28.1 Å². The lowest BCUT2D eigenvalue weighted by molar-refractivity contribution is 0.0697. The van der Waals surface area contributed by atoms with Crippen LogP contribution in [-0.4, -0.2) is 43.6 Å². The van der Waals surface area contributed by atoms with Gasteiger partial charge in [0, 0.05) is 35.8 Å². The maximum Gasteiger partial charge on any atom is 0.336 e. The van der Waals surface area contributed by atoms with E-state index in [9.17, 15) is 14.7 Å². The first-order valence-electron chi connectivity index (χ1n) is 13.5. The number of nitrogens with two attached hydrogens (primary N) is 1. The van der Waals surface area contributed by atoms with E-state index in [2.05, 4.69) is 10.6 Å². The molecule has 1 heterocycles. The predicted molar refractivity (Wildman–Crippen MR) is 162 cm³/mol. The number of hydrogen-bond donors (Lipinski definition) is 5. The molecule has 1 atom stereocenters. The lowest BCUT2D eigenvalue weighted by Crippen LogP contribution is -2.23. The number of amides is 1. The van der Waals surface area contributed by atoms with Crippen molar-refractivity contribution in [1.29, 1.82) is 5.41 Å². The number of carbonyl (C=O) groups excluding carboxylic acids is 1. The Morgan fingerprint density at radius 2 is 1.64 bits per heavy atom. The van der Waals surface area contributed by atoms with Crippen LogP contribution < -0.4 is 25.8 Å². The number of rotatable bonds is 10. The normalized spacial score (nSPS) is 13.5. The molecular formula is C33H32N4O5. The summed E-state index contributed by atoms with van der Waals surface area (Å²) in [4.78, 5) is 25.6. The summed E-state index contributed by atoms with van der Waals surface area (Å²) in [7, 11) is 3.08. The highest BCUT2D eigenvalue weighted by Gasteiger charge is 2.26. The Bertz CT molecular complexity index is 1670. The van der Waals surface area contributed by atoms with Gasteiger partial charge < -0.3 is 30.9 Å². The number of benzene rings is 4. The summed E-state index contributed by atoms with van der Waals surface area (Å²) >= 11 is 0. The monoisotopic (exact) mass is 564 g/mol. The third-order valence-electron chi connectivity index (χ3n) is 7.54. The lowest BCUT2D eigenvalue weighted by Gasteiger charge is -2.18. The fourth-order valence-corrected chi connectivity index (χ4v) is 5.26. The Kier molecular flexibility index (Phi) is 8.10. The third kappa shape index (κ3) is 5.90. The molecule has 5 rings (SSSR count). The van der Waals surface area contributed by atoms with Crippen LogP contribution in [0.25, 0.3) is 11.1 Å². The minimum absolute atomic E-state index is 0.00141. The van der Waals surface area contributed by atoms with Gasteiger partial charge in [0.2, 0.25) is 0 Å². The van der Waals surface area contributed by atoms with E-state index in [4.69, 9.17) is 20.6 Å². The average molecular weight is 565 g/mol. The molecule has 1 aliphatic rings. The minimum Gasteiger partial charge on any atom is -0.497 e. The molecule has 1 amide bonds. The molecule has 0 aromatic heterocycles. The first kappa shape index (κ1) is 28.2. The van der Waals surface area contributed by atoms with Crippen LogP contribution in [-0.2, 0) is 13.0 Å². The van der Waals surface area contributed by atoms with Crippen molar-refractivity contribution in [3.63, 3.8) is 0 Å². The number of fused-ring (bicyclic) bond motifs is 1. The van der Waals surface area contributed by atoms with Gasteiger partial charge in [0.1, 0.15) is 17.3 Å². The summed E-state index contributed by atoms with van der Waals surface area (Å²) in [5, 5.41) is 24.3. The van der Waals surface area contributed by atoms with Crippen LogP contribution in [0.15, 0.2) is 78.9 Å². The highest BCUT2D eigenvalue weighted by atomic mass is 16.5. The van der Waals surface area contributed by atoms with Gasteiger partial charge in [-0.1, -0.05) is 18.2 Å². The fraction of sp³-hybridized carbons (Fsp3) is 0.182. The topological polar surface area (TPSA) is 147 Å². The molecule has 42 heavy (non-hydrogen) atoms. The Labute approximate surface area is 243 Å². The molecule has 0 fully saturated rings. The van der Waals surface area contributed by atoms with Crippen molar-refractivity contribution in [2.75, 3.05) is 26.1 Å². The zero-order valence-electron chi connectivity index (χ0n) is 23.4. The Morgan fingerprint density at radius 1 is 0.929 bits per heavy atom. The first-order chi connectivity index (χ1) is 20.3. The van der Waals surface area contributed by atoms with Gasteiger partial charge in [-0.25, -0.2) is 4.79 Å². The van der Waals surface area contributed by atoms with Crippen molar-refractivity contribution in [2.45, 2.75) is 18.9 Å². The molecule has 9 heteroatoms. The van der Waals surface area contributed by atoms with Crippen molar-refractivity contribution >= 4 is 23.4 Å². The molecule has 0 bridgehead atoms. The van der Waals surface area contributed by atoms with Crippen LogP contribution in [0.4, 0.5) is 5.69 Å². The number of ether oxygens (including phenoxy) is 2. The van der Waals surface area contributed by atoms with Crippen LogP contribution >= 0.6 is 0 Å². The molecule has 4 aromatic carbocycles. The van der Waals surface area contributed by atoms with Gasteiger partial charge in [-0.05, 0) is 94.9 Å². The van der Waals surface area contributed by atoms with E-state index in [0.29, 0.717) is 47.5 Å². The van der Waals surface area contributed by atoms with E-state index in [1.54, 1.807) is 31.4 Å².